The van der Waals surface area contributed by atoms with Crippen molar-refractivity contribution in [2.24, 2.45) is 12.2 Å². The molecule has 2 rings (SSSR count). The molecule has 0 saturated carbocycles. The highest BCUT2D eigenvalue weighted by atomic mass is 32.2. The highest BCUT2D eigenvalue weighted by molar-refractivity contribution is 7.89. The summed E-state index contributed by atoms with van der Waals surface area (Å²) in [6.45, 7) is 0. The zero-order valence-electron chi connectivity index (χ0n) is 10.2. The number of aromatic nitrogens is 3. The zero-order chi connectivity index (χ0) is 14.2. The van der Waals surface area contributed by atoms with Crippen LogP contribution in [0.3, 0.4) is 0 Å². The number of benzene rings is 1. The number of hydrogen-bond donors (Lipinski definition) is 1. The highest BCUT2D eigenvalue weighted by Crippen LogP contribution is 2.25. The van der Waals surface area contributed by atoms with E-state index < -0.39 is 21.0 Å². The van der Waals surface area contributed by atoms with Gasteiger partial charge in [0.2, 0.25) is 0 Å². The Bertz CT molecular complexity index is 726. The summed E-state index contributed by atoms with van der Waals surface area (Å²) in [5, 5.41) is 11.6. The van der Waals surface area contributed by atoms with E-state index in [1.165, 1.54) is 32.4 Å². The first-order chi connectivity index (χ1) is 8.84. The molecule has 102 valence electrons. The molecule has 0 spiro atoms. The van der Waals surface area contributed by atoms with Crippen molar-refractivity contribution < 1.29 is 17.5 Å². The van der Waals surface area contributed by atoms with Gasteiger partial charge >= 0.3 is 0 Å². The van der Waals surface area contributed by atoms with Gasteiger partial charge in [0.05, 0.1) is 12.7 Å². The molecule has 0 amide bonds. The van der Waals surface area contributed by atoms with Crippen molar-refractivity contribution in [1.29, 1.82) is 0 Å². The van der Waals surface area contributed by atoms with Crippen molar-refractivity contribution in [1.82, 2.24) is 14.8 Å². The van der Waals surface area contributed by atoms with E-state index in [-0.39, 0.29) is 11.4 Å². The lowest BCUT2D eigenvalue weighted by molar-refractivity contribution is 0.411. The van der Waals surface area contributed by atoms with Crippen LogP contribution >= 0.6 is 0 Å². The number of ether oxygens (including phenoxy) is 1. The summed E-state index contributed by atoms with van der Waals surface area (Å²) in [4.78, 5) is 0. The predicted molar refractivity (Wildman–Crippen MR) is 64.3 cm³/mol. The summed E-state index contributed by atoms with van der Waals surface area (Å²) in [6, 6.07) is 4.12. The van der Waals surface area contributed by atoms with Gasteiger partial charge in [-0.25, -0.2) is 17.9 Å². The fourth-order valence-corrected chi connectivity index (χ4v) is 2.22. The van der Waals surface area contributed by atoms with Crippen molar-refractivity contribution in [3.8, 4) is 17.1 Å². The van der Waals surface area contributed by atoms with Crippen LogP contribution in [-0.4, -0.2) is 30.3 Å². The average molecular weight is 286 g/mol. The lowest BCUT2D eigenvalue weighted by Crippen LogP contribution is -2.17. The van der Waals surface area contributed by atoms with E-state index in [2.05, 4.69) is 10.2 Å². The second kappa shape index (κ2) is 4.59. The van der Waals surface area contributed by atoms with Crippen LogP contribution in [0.2, 0.25) is 0 Å². The highest BCUT2D eigenvalue weighted by Gasteiger charge is 2.21. The molecule has 0 aliphatic heterocycles. The molecule has 2 N–H and O–H groups in total. The lowest BCUT2D eigenvalue weighted by Gasteiger charge is -2.05. The Morgan fingerprint density at radius 2 is 2.05 bits per heavy atom. The van der Waals surface area contributed by atoms with Gasteiger partial charge in [0, 0.05) is 13.1 Å². The lowest BCUT2D eigenvalue weighted by atomic mass is 10.2. The van der Waals surface area contributed by atoms with Gasteiger partial charge in [-0.1, -0.05) is 0 Å². The van der Waals surface area contributed by atoms with Gasteiger partial charge in [0.25, 0.3) is 15.2 Å². The van der Waals surface area contributed by atoms with Gasteiger partial charge in [-0.3, -0.25) is 4.57 Å². The quantitative estimate of drug-likeness (QED) is 0.873. The van der Waals surface area contributed by atoms with Crippen LogP contribution in [0.4, 0.5) is 4.39 Å². The molecule has 0 saturated heterocycles. The fourth-order valence-electron chi connectivity index (χ4n) is 1.60. The molecular weight excluding hydrogens is 275 g/mol. The van der Waals surface area contributed by atoms with Crippen LogP contribution in [0.15, 0.2) is 23.4 Å². The van der Waals surface area contributed by atoms with E-state index in [1.54, 1.807) is 0 Å². The largest absolute Gasteiger partial charge is 0.497 e. The second-order valence-corrected chi connectivity index (χ2v) is 5.21. The minimum Gasteiger partial charge on any atom is -0.497 e. The first-order valence-corrected chi connectivity index (χ1v) is 6.65. The summed E-state index contributed by atoms with van der Waals surface area (Å²) < 4.78 is 42.3. The molecule has 0 fully saturated rings. The molecule has 0 atom stereocenters. The third-order valence-electron chi connectivity index (χ3n) is 2.51. The van der Waals surface area contributed by atoms with Crippen molar-refractivity contribution in [2.45, 2.75) is 5.16 Å². The Morgan fingerprint density at radius 1 is 1.37 bits per heavy atom. The maximum absolute atomic E-state index is 13.9. The van der Waals surface area contributed by atoms with Crippen LogP contribution < -0.4 is 9.88 Å². The number of primary sulfonamides is 1. The maximum atomic E-state index is 13.9. The first kappa shape index (κ1) is 13.4. The molecule has 19 heavy (non-hydrogen) atoms. The standard InChI is InChI=1S/C10H11FN4O3S/c1-15-9(13-14-10(15)19(12,16)17)7-4-3-6(18-2)5-8(7)11/h3-5H,1-2H3,(H2,12,16,17). The van der Waals surface area contributed by atoms with Crippen LogP contribution in [0, 0.1) is 5.82 Å². The molecule has 1 aromatic heterocycles. The number of halogens is 1. The SMILES string of the molecule is COc1ccc(-c2nnc(S(N)(=O)=O)n2C)c(F)c1. The van der Waals surface area contributed by atoms with Gasteiger partial charge < -0.3 is 4.74 Å². The Morgan fingerprint density at radius 3 is 2.53 bits per heavy atom. The van der Waals surface area contributed by atoms with Gasteiger partial charge in [-0.15, -0.1) is 10.2 Å². The van der Waals surface area contributed by atoms with E-state index in [1.807, 2.05) is 0 Å². The van der Waals surface area contributed by atoms with E-state index in [4.69, 9.17) is 9.88 Å². The Kier molecular flexibility index (Phi) is 3.25. The molecule has 0 radical (unpaired) electrons. The Hall–Kier alpha value is -2.00. The minimum atomic E-state index is -4.00. The minimum absolute atomic E-state index is 0.0594. The molecule has 1 heterocycles. The van der Waals surface area contributed by atoms with Gasteiger partial charge in [0.1, 0.15) is 11.6 Å². The normalized spacial score (nSPS) is 11.6. The maximum Gasteiger partial charge on any atom is 0.273 e. The number of hydrogen-bond acceptors (Lipinski definition) is 5. The van der Waals surface area contributed by atoms with Crippen LogP contribution in [0.1, 0.15) is 0 Å². The van der Waals surface area contributed by atoms with E-state index >= 15 is 0 Å². The van der Waals surface area contributed by atoms with Crippen LogP contribution in [0.25, 0.3) is 11.4 Å². The molecule has 0 unspecified atom stereocenters. The molecule has 0 bridgehead atoms. The van der Waals surface area contributed by atoms with Gasteiger partial charge in [0.15, 0.2) is 5.82 Å². The van der Waals surface area contributed by atoms with Crippen molar-refractivity contribution in [3.05, 3.63) is 24.0 Å². The Labute approximate surface area is 108 Å². The number of rotatable bonds is 3. The third-order valence-corrected chi connectivity index (χ3v) is 3.37. The van der Waals surface area contributed by atoms with E-state index in [0.29, 0.717) is 5.75 Å². The molecule has 2 aromatic rings. The topological polar surface area (TPSA) is 100 Å². The smallest absolute Gasteiger partial charge is 0.273 e. The Balaban J connectivity index is 2.58. The zero-order valence-corrected chi connectivity index (χ0v) is 11.0. The predicted octanol–water partition coefficient (Wildman–Crippen LogP) is 0.277. The van der Waals surface area contributed by atoms with Gasteiger partial charge in [-0.2, -0.15) is 0 Å². The van der Waals surface area contributed by atoms with Crippen molar-refractivity contribution in [2.75, 3.05) is 7.11 Å². The van der Waals surface area contributed by atoms with E-state index in [9.17, 15) is 12.8 Å². The monoisotopic (exact) mass is 286 g/mol. The van der Waals surface area contributed by atoms with E-state index in [0.717, 1.165) is 4.57 Å². The number of methoxy groups -OCH3 is 1. The molecule has 7 nitrogen and oxygen atoms in total. The molecule has 9 heteroatoms. The molecule has 0 aliphatic carbocycles. The van der Waals surface area contributed by atoms with Gasteiger partial charge in [-0.05, 0) is 12.1 Å². The number of sulfonamides is 1. The molecule has 0 aliphatic rings. The summed E-state index contributed by atoms with van der Waals surface area (Å²) in [7, 11) is -1.20. The number of nitrogens with two attached hydrogens (primary N) is 1. The first-order valence-electron chi connectivity index (χ1n) is 5.10. The summed E-state index contributed by atoms with van der Waals surface area (Å²) >= 11 is 0. The average Bonchev–Trinajstić information content (AvgIpc) is 2.70. The summed E-state index contributed by atoms with van der Waals surface area (Å²) in [6.07, 6.45) is 0. The molecule has 1 aromatic carbocycles. The molecular formula is C10H11FN4O3S. The van der Waals surface area contributed by atoms with Crippen LogP contribution in [0.5, 0.6) is 5.75 Å². The summed E-state index contributed by atoms with van der Waals surface area (Å²) in [5.74, 6) is -0.199. The third kappa shape index (κ3) is 2.42. The van der Waals surface area contributed by atoms with Crippen molar-refractivity contribution >= 4 is 10.0 Å². The fraction of sp³-hybridized carbons (Fsp3) is 0.200. The number of nitrogens with zero attached hydrogens (tertiary/aromatic N) is 3. The van der Waals surface area contributed by atoms with Crippen LogP contribution in [-0.2, 0) is 17.1 Å². The second-order valence-electron chi connectivity index (χ2n) is 3.76. The van der Waals surface area contributed by atoms with Crippen molar-refractivity contribution in [3.63, 3.8) is 0 Å². The summed E-state index contributed by atoms with van der Waals surface area (Å²) in [5.41, 5.74) is 0.103.